The number of fused-ring (bicyclic) bond motifs is 1. The van der Waals surface area contributed by atoms with Crippen molar-refractivity contribution >= 4 is 37.8 Å². The number of aromatic nitrogens is 2. The standard InChI is InChI=1S/C15H14Br2N2O2/c1-8-6-10(16)14(11(17)7-8)19-12-5-3-2-4-9(12)13(18-19)15(20)21/h6-7H,2-5H2,1H3,(H,20,21). The van der Waals surface area contributed by atoms with Crippen LogP contribution >= 0.6 is 31.9 Å². The molecule has 0 saturated carbocycles. The number of carboxylic acid groups (broad SMARTS) is 1. The molecule has 1 aliphatic carbocycles. The largest absolute Gasteiger partial charge is 0.476 e. The van der Waals surface area contributed by atoms with Crippen LogP contribution in [0.2, 0.25) is 0 Å². The topological polar surface area (TPSA) is 55.1 Å². The van der Waals surface area contributed by atoms with Crippen molar-refractivity contribution in [2.45, 2.75) is 32.6 Å². The lowest BCUT2D eigenvalue weighted by Gasteiger charge is -2.16. The van der Waals surface area contributed by atoms with Gasteiger partial charge >= 0.3 is 5.97 Å². The third kappa shape index (κ3) is 2.55. The van der Waals surface area contributed by atoms with E-state index in [9.17, 15) is 9.90 Å². The fourth-order valence-electron chi connectivity index (χ4n) is 2.85. The summed E-state index contributed by atoms with van der Waals surface area (Å²) < 4.78 is 3.59. The second kappa shape index (κ2) is 5.57. The predicted octanol–water partition coefficient (Wildman–Crippen LogP) is 4.28. The first-order valence-corrected chi connectivity index (χ1v) is 8.37. The third-order valence-corrected chi connectivity index (χ3v) is 4.96. The van der Waals surface area contributed by atoms with Gasteiger partial charge in [0.2, 0.25) is 0 Å². The van der Waals surface area contributed by atoms with Gasteiger partial charge in [-0.25, -0.2) is 9.48 Å². The zero-order chi connectivity index (χ0) is 15.1. The van der Waals surface area contributed by atoms with Crippen LogP contribution in [0.4, 0.5) is 0 Å². The van der Waals surface area contributed by atoms with Crippen molar-refractivity contribution in [3.05, 3.63) is 43.6 Å². The van der Waals surface area contributed by atoms with Crippen molar-refractivity contribution in [1.29, 1.82) is 0 Å². The van der Waals surface area contributed by atoms with Gasteiger partial charge < -0.3 is 5.11 Å². The van der Waals surface area contributed by atoms with Crippen molar-refractivity contribution in [3.8, 4) is 5.69 Å². The van der Waals surface area contributed by atoms with Crippen LogP contribution in [-0.4, -0.2) is 20.9 Å². The number of rotatable bonds is 2. The Bertz CT molecular complexity index is 715. The molecule has 21 heavy (non-hydrogen) atoms. The van der Waals surface area contributed by atoms with Gasteiger partial charge in [-0.15, -0.1) is 0 Å². The summed E-state index contributed by atoms with van der Waals surface area (Å²) in [6, 6.07) is 4.02. The highest BCUT2D eigenvalue weighted by atomic mass is 79.9. The summed E-state index contributed by atoms with van der Waals surface area (Å²) in [5.74, 6) is -0.953. The van der Waals surface area contributed by atoms with Gasteiger partial charge in [0.25, 0.3) is 0 Å². The molecule has 0 unspecified atom stereocenters. The van der Waals surface area contributed by atoms with E-state index in [1.165, 1.54) is 0 Å². The lowest BCUT2D eigenvalue weighted by molar-refractivity contribution is 0.0688. The van der Waals surface area contributed by atoms with Gasteiger partial charge in [0, 0.05) is 20.2 Å². The van der Waals surface area contributed by atoms with Gasteiger partial charge in [-0.2, -0.15) is 5.10 Å². The summed E-state index contributed by atoms with van der Waals surface area (Å²) >= 11 is 7.14. The number of benzene rings is 1. The highest BCUT2D eigenvalue weighted by Gasteiger charge is 2.26. The molecule has 6 heteroatoms. The van der Waals surface area contributed by atoms with Crippen molar-refractivity contribution in [2.75, 3.05) is 0 Å². The summed E-state index contributed by atoms with van der Waals surface area (Å²) in [4.78, 5) is 11.4. The van der Waals surface area contributed by atoms with Crippen LogP contribution in [0.3, 0.4) is 0 Å². The van der Waals surface area contributed by atoms with Gasteiger partial charge in [0.05, 0.1) is 5.69 Å². The van der Waals surface area contributed by atoms with Gasteiger partial charge in [-0.3, -0.25) is 0 Å². The molecule has 1 aromatic heterocycles. The Balaban J connectivity index is 2.26. The fourth-order valence-corrected chi connectivity index (χ4v) is 4.60. The van der Waals surface area contributed by atoms with E-state index in [4.69, 9.17) is 0 Å². The van der Waals surface area contributed by atoms with E-state index >= 15 is 0 Å². The highest BCUT2D eigenvalue weighted by Crippen LogP contribution is 2.34. The summed E-state index contributed by atoms with van der Waals surface area (Å²) in [5, 5.41) is 13.8. The number of hydrogen-bond acceptors (Lipinski definition) is 2. The molecule has 1 heterocycles. The molecule has 0 spiro atoms. The van der Waals surface area contributed by atoms with Crippen molar-refractivity contribution in [2.24, 2.45) is 0 Å². The predicted molar refractivity (Wildman–Crippen MR) is 87.3 cm³/mol. The van der Waals surface area contributed by atoms with Crippen LogP contribution in [0, 0.1) is 6.92 Å². The minimum Gasteiger partial charge on any atom is -0.476 e. The van der Waals surface area contributed by atoms with E-state index in [1.807, 2.05) is 19.1 Å². The summed E-state index contributed by atoms with van der Waals surface area (Å²) in [5.41, 5.74) is 4.07. The monoisotopic (exact) mass is 412 g/mol. The minimum absolute atomic E-state index is 0.184. The molecular weight excluding hydrogens is 400 g/mol. The van der Waals surface area contributed by atoms with Crippen LogP contribution in [0.25, 0.3) is 5.69 Å². The Morgan fingerprint density at radius 3 is 2.48 bits per heavy atom. The first kappa shape index (κ1) is 14.8. The number of carbonyl (C=O) groups is 1. The van der Waals surface area contributed by atoms with Gasteiger partial charge in [0.1, 0.15) is 0 Å². The fraction of sp³-hybridized carbons (Fsp3) is 0.333. The molecule has 1 aliphatic rings. The molecule has 0 radical (unpaired) electrons. The second-order valence-corrected chi connectivity index (χ2v) is 6.98. The van der Waals surface area contributed by atoms with Crippen LogP contribution in [-0.2, 0) is 12.8 Å². The lowest BCUT2D eigenvalue weighted by Crippen LogP contribution is -2.09. The molecule has 2 aromatic rings. The average molecular weight is 414 g/mol. The van der Waals surface area contributed by atoms with Crippen molar-refractivity contribution in [1.82, 2.24) is 9.78 Å². The van der Waals surface area contributed by atoms with E-state index in [0.717, 1.165) is 57.1 Å². The van der Waals surface area contributed by atoms with E-state index in [-0.39, 0.29) is 5.69 Å². The molecule has 3 rings (SSSR count). The Morgan fingerprint density at radius 1 is 1.24 bits per heavy atom. The van der Waals surface area contributed by atoms with E-state index in [0.29, 0.717) is 0 Å². The molecule has 4 nitrogen and oxygen atoms in total. The number of halogens is 2. The number of nitrogens with zero attached hydrogens (tertiary/aromatic N) is 2. The first-order chi connectivity index (χ1) is 9.99. The SMILES string of the molecule is Cc1cc(Br)c(-n2nc(C(=O)O)c3c2CCCC3)c(Br)c1. The molecule has 1 aromatic carbocycles. The van der Waals surface area contributed by atoms with Crippen LogP contribution < -0.4 is 0 Å². The zero-order valence-electron chi connectivity index (χ0n) is 11.5. The minimum atomic E-state index is -0.953. The highest BCUT2D eigenvalue weighted by molar-refractivity contribution is 9.11. The molecule has 0 atom stereocenters. The van der Waals surface area contributed by atoms with Gasteiger partial charge in [-0.05, 0) is 82.2 Å². The molecule has 1 N–H and O–H groups in total. The Kier molecular flexibility index (Phi) is 3.92. The molecule has 0 aliphatic heterocycles. The summed E-state index contributed by atoms with van der Waals surface area (Å²) in [6.45, 7) is 2.01. The van der Waals surface area contributed by atoms with Crippen LogP contribution in [0.1, 0.15) is 40.2 Å². The average Bonchev–Trinajstić information content (AvgIpc) is 2.78. The molecule has 0 amide bonds. The number of aromatic carboxylic acids is 1. The number of carboxylic acids is 1. The van der Waals surface area contributed by atoms with E-state index in [1.54, 1.807) is 4.68 Å². The summed E-state index contributed by atoms with van der Waals surface area (Å²) in [6.07, 6.45) is 3.74. The number of aryl methyl sites for hydroxylation is 1. The van der Waals surface area contributed by atoms with Gasteiger partial charge in [0.15, 0.2) is 5.69 Å². The zero-order valence-corrected chi connectivity index (χ0v) is 14.7. The Hall–Kier alpha value is -1.14. The van der Waals surface area contributed by atoms with E-state index in [2.05, 4.69) is 37.0 Å². The number of hydrogen-bond donors (Lipinski definition) is 1. The van der Waals surface area contributed by atoms with Crippen molar-refractivity contribution < 1.29 is 9.90 Å². The molecule has 110 valence electrons. The second-order valence-electron chi connectivity index (χ2n) is 5.28. The normalized spacial score (nSPS) is 14.0. The Morgan fingerprint density at radius 2 is 1.86 bits per heavy atom. The molecule has 0 fully saturated rings. The van der Waals surface area contributed by atoms with Crippen LogP contribution in [0.15, 0.2) is 21.1 Å². The van der Waals surface area contributed by atoms with Crippen LogP contribution in [0.5, 0.6) is 0 Å². The first-order valence-electron chi connectivity index (χ1n) is 6.79. The molecule has 0 bridgehead atoms. The maximum absolute atomic E-state index is 11.4. The maximum Gasteiger partial charge on any atom is 0.356 e. The van der Waals surface area contributed by atoms with E-state index < -0.39 is 5.97 Å². The quantitative estimate of drug-likeness (QED) is 0.799. The maximum atomic E-state index is 11.4. The Labute approximate surface area is 139 Å². The summed E-state index contributed by atoms with van der Waals surface area (Å²) in [7, 11) is 0. The van der Waals surface area contributed by atoms with Gasteiger partial charge in [-0.1, -0.05) is 0 Å². The lowest BCUT2D eigenvalue weighted by atomic mass is 9.95. The third-order valence-electron chi connectivity index (χ3n) is 3.76. The molecular formula is C15H14Br2N2O2. The van der Waals surface area contributed by atoms with Crippen molar-refractivity contribution in [3.63, 3.8) is 0 Å². The molecule has 0 saturated heterocycles. The smallest absolute Gasteiger partial charge is 0.356 e.